The quantitative estimate of drug-likeness (QED) is 0.785. The Bertz CT molecular complexity index is 670. The van der Waals surface area contributed by atoms with Gasteiger partial charge in [-0.2, -0.15) is 4.99 Å². The van der Waals surface area contributed by atoms with Crippen LogP contribution < -0.4 is 4.80 Å². The number of carbonyl (C=O) groups is 1. The van der Waals surface area contributed by atoms with Crippen LogP contribution in [0, 0.1) is 0 Å². The van der Waals surface area contributed by atoms with Crippen molar-refractivity contribution in [3.05, 3.63) is 51.3 Å². The summed E-state index contributed by atoms with van der Waals surface area (Å²) in [4.78, 5) is 16.9. The van der Waals surface area contributed by atoms with Gasteiger partial charge in [-0.05, 0) is 23.3 Å². The van der Waals surface area contributed by atoms with E-state index in [1.54, 1.807) is 0 Å². The minimum atomic E-state index is -0.206. The average molecular weight is 260 g/mol. The fourth-order valence-electron chi connectivity index (χ4n) is 1.89. The van der Waals surface area contributed by atoms with Gasteiger partial charge in [0.1, 0.15) is 0 Å². The zero-order valence-corrected chi connectivity index (χ0v) is 10.7. The molecule has 1 amide bonds. The molecule has 1 aromatic heterocycles. The number of aromatic nitrogens is 1. The van der Waals surface area contributed by atoms with Crippen LogP contribution >= 0.6 is 11.3 Å². The first-order chi connectivity index (χ1) is 8.74. The molecule has 92 valence electrons. The number of ether oxygens (including phenoxy) is 1. The first-order valence-electron chi connectivity index (χ1n) is 5.63. The molecule has 0 N–H and O–H groups in total. The molecule has 1 aliphatic rings. The molecule has 5 heteroatoms. The maximum Gasteiger partial charge on any atom is 0.279 e. The Hall–Kier alpha value is -1.72. The lowest BCUT2D eigenvalue weighted by molar-refractivity contribution is 0.0997. The van der Waals surface area contributed by atoms with Crippen molar-refractivity contribution in [1.29, 1.82) is 0 Å². The number of hydrogen-bond donors (Lipinski definition) is 0. The van der Waals surface area contributed by atoms with E-state index in [1.807, 2.05) is 41.4 Å². The van der Waals surface area contributed by atoms with Gasteiger partial charge in [-0.3, -0.25) is 4.79 Å². The highest BCUT2D eigenvalue weighted by Gasteiger charge is 2.13. The van der Waals surface area contributed by atoms with E-state index in [0.717, 1.165) is 11.1 Å². The minimum Gasteiger partial charge on any atom is -0.372 e. The number of amides is 1. The first kappa shape index (κ1) is 11.4. The molecule has 4 nitrogen and oxygen atoms in total. The lowest BCUT2D eigenvalue weighted by Crippen LogP contribution is -2.12. The molecule has 0 fully saturated rings. The van der Waals surface area contributed by atoms with Gasteiger partial charge in [0.15, 0.2) is 4.80 Å². The smallest absolute Gasteiger partial charge is 0.279 e. The van der Waals surface area contributed by atoms with Crippen LogP contribution in [-0.4, -0.2) is 10.5 Å². The Morgan fingerprint density at radius 2 is 2.22 bits per heavy atom. The van der Waals surface area contributed by atoms with Gasteiger partial charge in [0.2, 0.25) is 0 Å². The van der Waals surface area contributed by atoms with E-state index < -0.39 is 0 Å². The number of carbonyl (C=O) groups excluding carboxylic acids is 1. The Morgan fingerprint density at radius 3 is 3.00 bits per heavy atom. The van der Waals surface area contributed by atoms with Crippen LogP contribution in [0.5, 0.6) is 0 Å². The topological polar surface area (TPSA) is 43.6 Å². The highest BCUT2D eigenvalue weighted by atomic mass is 32.1. The van der Waals surface area contributed by atoms with Gasteiger partial charge in [0, 0.05) is 24.2 Å². The van der Waals surface area contributed by atoms with Gasteiger partial charge in [0.25, 0.3) is 5.91 Å². The Kier molecular flexibility index (Phi) is 2.85. The summed E-state index contributed by atoms with van der Waals surface area (Å²) in [6, 6.07) is 5.63. The third kappa shape index (κ3) is 2.02. The zero-order chi connectivity index (χ0) is 12.5. The van der Waals surface area contributed by atoms with E-state index in [9.17, 15) is 4.79 Å². The summed E-state index contributed by atoms with van der Waals surface area (Å²) in [5.74, 6) is -0.206. The number of hydrogen-bond acceptors (Lipinski definition) is 3. The fraction of sp³-hybridized carbons (Fsp3) is 0.231. The molecule has 1 aliphatic heterocycles. The maximum absolute atomic E-state index is 12.0. The predicted octanol–water partition coefficient (Wildman–Crippen LogP) is 1.86. The number of thiazole rings is 1. The van der Waals surface area contributed by atoms with Crippen molar-refractivity contribution in [3.63, 3.8) is 0 Å². The van der Waals surface area contributed by atoms with E-state index in [2.05, 4.69) is 4.99 Å². The highest BCUT2D eigenvalue weighted by molar-refractivity contribution is 7.07. The van der Waals surface area contributed by atoms with Crippen LogP contribution in [0.1, 0.15) is 21.5 Å². The van der Waals surface area contributed by atoms with Gasteiger partial charge < -0.3 is 9.30 Å². The van der Waals surface area contributed by atoms with Crippen molar-refractivity contribution in [3.8, 4) is 0 Å². The van der Waals surface area contributed by atoms with E-state index in [0.29, 0.717) is 23.6 Å². The number of nitrogens with zero attached hydrogens (tertiary/aromatic N) is 2. The normalized spacial score (nSPS) is 14.8. The molecule has 2 aromatic rings. The lowest BCUT2D eigenvalue weighted by Gasteiger charge is -1.99. The second kappa shape index (κ2) is 4.51. The summed E-state index contributed by atoms with van der Waals surface area (Å²) in [6.07, 6.45) is 1.88. The van der Waals surface area contributed by atoms with E-state index >= 15 is 0 Å². The Morgan fingerprint density at radius 1 is 1.39 bits per heavy atom. The molecule has 0 radical (unpaired) electrons. The SMILES string of the molecule is Cn1ccsc1=NC(=O)c1ccc2c(c1)COC2. The van der Waals surface area contributed by atoms with Gasteiger partial charge >= 0.3 is 0 Å². The molecule has 0 bridgehead atoms. The molecular formula is C13H12N2O2S. The number of benzene rings is 1. The van der Waals surface area contributed by atoms with Crippen molar-refractivity contribution in [1.82, 2.24) is 4.57 Å². The van der Waals surface area contributed by atoms with E-state index in [1.165, 1.54) is 11.3 Å². The summed E-state index contributed by atoms with van der Waals surface area (Å²) in [7, 11) is 1.87. The number of fused-ring (bicyclic) bond motifs is 1. The van der Waals surface area contributed by atoms with Crippen LogP contribution in [0.2, 0.25) is 0 Å². The summed E-state index contributed by atoms with van der Waals surface area (Å²) in [6.45, 7) is 1.23. The summed E-state index contributed by atoms with van der Waals surface area (Å²) in [5, 5.41) is 1.91. The van der Waals surface area contributed by atoms with Crippen LogP contribution in [0.15, 0.2) is 34.8 Å². The minimum absolute atomic E-state index is 0.206. The van der Waals surface area contributed by atoms with E-state index in [4.69, 9.17) is 4.74 Å². The van der Waals surface area contributed by atoms with Crippen molar-refractivity contribution in [2.24, 2.45) is 12.0 Å². The van der Waals surface area contributed by atoms with Gasteiger partial charge in [0.05, 0.1) is 13.2 Å². The Balaban J connectivity index is 1.96. The van der Waals surface area contributed by atoms with Crippen molar-refractivity contribution in [2.45, 2.75) is 13.2 Å². The van der Waals surface area contributed by atoms with Crippen molar-refractivity contribution < 1.29 is 9.53 Å². The molecular weight excluding hydrogens is 248 g/mol. The second-order valence-electron chi connectivity index (χ2n) is 4.19. The molecule has 1 aromatic carbocycles. The maximum atomic E-state index is 12.0. The van der Waals surface area contributed by atoms with Crippen LogP contribution in [-0.2, 0) is 25.0 Å². The molecule has 0 spiro atoms. The average Bonchev–Trinajstić information content (AvgIpc) is 2.98. The fourth-order valence-corrected chi connectivity index (χ4v) is 2.62. The summed E-state index contributed by atoms with van der Waals surface area (Å²) < 4.78 is 7.16. The molecule has 0 saturated heterocycles. The predicted molar refractivity (Wildman–Crippen MR) is 68.1 cm³/mol. The molecule has 18 heavy (non-hydrogen) atoms. The largest absolute Gasteiger partial charge is 0.372 e. The van der Waals surface area contributed by atoms with E-state index in [-0.39, 0.29) is 5.91 Å². The molecule has 0 unspecified atom stereocenters. The van der Waals surface area contributed by atoms with Gasteiger partial charge in [-0.15, -0.1) is 11.3 Å². The highest BCUT2D eigenvalue weighted by Crippen LogP contribution is 2.21. The summed E-state index contributed by atoms with van der Waals surface area (Å²) >= 11 is 1.45. The second-order valence-corrected chi connectivity index (χ2v) is 5.06. The summed E-state index contributed by atoms with van der Waals surface area (Å²) in [5.41, 5.74) is 2.87. The molecule has 2 heterocycles. The van der Waals surface area contributed by atoms with Crippen molar-refractivity contribution in [2.75, 3.05) is 0 Å². The van der Waals surface area contributed by atoms with Crippen LogP contribution in [0.3, 0.4) is 0 Å². The lowest BCUT2D eigenvalue weighted by atomic mass is 10.1. The third-order valence-corrected chi connectivity index (χ3v) is 3.77. The number of aryl methyl sites for hydroxylation is 1. The van der Waals surface area contributed by atoms with Crippen LogP contribution in [0.4, 0.5) is 0 Å². The van der Waals surface area contributed by atoms with Gasteiger partial charge in [-0.1, -0.05) is 6.07 Å². The first-order valence-corrected chi connectivity index (χ1v) is 6.51. The van der Waals surface area contributed by atoms with Crippen molar-refractivity contribution >= 4 is 17.2 Å². The van der Waals surface area contributed by atoms with Gasteiger partial charge in [-0.25, -0.2) is 0 Å². The molecule has 3 rings (SSSR count). The molecule has 0 saturated carbocycles. The van der Waals surface area contributed by atoms with Crippen LogP contribution in [0.25, 0.3) is 0 Å². The zero-order valence-electron chi connectivity index (χ0n) is 9.92. The molecule has 0 atom stereocenters. The molecule has 0 aliphatic carbocycles. The number of rotatable bonds is 1. The monoisotopic (exact) mass is 260 g/mol. The standard InChI is InChI=1S/C13H12N2O2S/c1-15-4-5-18-13(15)14-12(16)9-2-3-10-7-17-8-11(10)6-9/h2-6H,7-8H2,1H3. The Labute approximate surface area is 108 Å². The third-order valence-electron chi connectivity index (χ3n) is 2.93.